The van der Waals surface area contributed by atoms with Crippen molar-refractivity contribution >= 4 is 11.8 Å². The molecule has 0 saturated carbocycles. The van der Waals surface area contributed by atoms with Gasteiger partial charge in [-0.1, -0.05) is 24.3 Å². The molecule has 0 saturated heterocycles. The molecule has 1 heterocycles. The van der Waals surface area contributed by atoms with Gasteiger partial charge in [-0.05, 0) is 43.7 Å². The minimum absolute atomic E-state index is 0.106. The highest BCUT2D eigenvalue weighted by molar-refractivity contribution is 5.97. The van der Waals surface area contributed by atoms with E-state index in [9.17, 15) is 9.59 Å². The van der Waals surface area contributed by atoms with Crippen LogP contribution in [0.5, 0.6) is 11.5 Å². The predicted molar refractivity (Wildman–Crippen MR) is 108 cm³/mol. The number of benzene rings is 2. The Bertz CT molecular complexity index is 1030. The number of Topliss-reactive ketones (excluding diaryl/α,β-unsaturated/α-hetero) is 1. The standard InChI is InChI=1S/C22H22N2O5/c1-14(25)15(2)29-22(26)21-18(13-24(23-21)17-8-6-5-7-9-17)16-10-11-19(27-3)20(12-16)28-4/h5-13,15H,1-4H3. The molecule has 2 aromatic carbocycles. The van der Waals surface area contributed by atoms with E-state index >= 15 is 0 Å². The number of carbonyl (C=O) groups excluding carboxylic acids is 2. The van der Waals surface area contributed by atoms with Crippen molar-refractivity contribution in [3.8, 4) is 28.3 Å². The lowest BCUT2D eigenvalue weighted by Gasteiger charge is -2.11. The second kappa shape index (κ2) is 8.60. The Labute approximate surface area is 168 Å². The molecule has 7 nitrogen and oxygen atoms in total. The first-order chi connectivity index (χ1) is 13.9. The molecule has 7 heteroatoms. The van der Waals surface area contributed by atoms with Gasteiger partial charge in [-0.15, -0.1) is 0 Å². The van der Waals surface area contributed by atoms with Gasteiger partial charge >= 0.3 is 5.97 Å². The number of aromatic nitrogens is 2. The van der Waals surface area contributed by atoms with Crippen LogP contribution < -0.4 is 9.47 Å². The maximum Gasteiger partial charge on any atom is 0.360 e. The Hall–Kier alpha value is -3.61. The third-order valence-electron chi connectivity index (χ3n) is 4.48. The number of hydrogen-bond acceptors (Lipinski definition) is 6. The topological polar surface area (TPSA) is 79.7 Å². The summed E-state index contributed by atoms with van der Waals surface area (Å²) in [5.74, 6) is 0.176. The first kappa shape index (κ1) is 20.1. The summed E-state index contributed by atoms with van der Waals surface area (Å²) in [4.78, 5) is 24.3. The normalized spacial score (nSPS) is 11.6. The van der Waals surface area contributed by atoms with Gasteiger partial charge in [0.15, 0.2) is 29.1 Å². The molecule has 0 aliphatic carbocycles. The predicted octanol–water partition coefficient (Wildman–Crippen LogP) is 3.69. The average molecular weight is 394 g/mol. The number of rotatable bonds is 7. The molecule has 0 spiro atoms. The molecule has 3 rings (SSSR count). The number of methoxy groups -OCH3 is 2. The summed E-state index contributed by atoms with van der Waals surface area (Å²) < 4.78 is 17.5. The number of ether oxygens (including phenoxy) is 3. The van der Waals surface area contributed by atoms with Crippen molar-refractivity contribution in [2.24, 2.45) is 0 Å². The fraction of sp³-hybridized carbons (Fsp3) is 0.227. The van der Waals surface area contributed by atoms with E-state index in [-0.39, 0.29) is 11.5 Å². The van der Waals surface area contributed by atoms with Crippen LogP contribution >= 0.6 is 0 Å². The highest BCUT2D eigenvalue weighted by atomic mass is 16.5. The van der Waals surface area contributed by atoms with Crippen molar-refractivity contribution < 1.29 is 23.8 Å². The summed E-state index contributed by atoms with van der Waals surface area (Å²) in [6.45, 7) is 2.90. The highest BCUT2D eigenvalue weighted by Gasteiger charge is 2.24. The molecule has 0 bridgehead atoms. The van der Waals surface area contributed by atoms with Crippen LogP contribution in [0.4, 0.5) is 0 Å². The number of carbonyl (C=O) groups is 2. The monoisotopic (exact) mass is 394 g/mol. The zero-order chi connectivity index (χ0) is 21.0. The van der Waals surface area contributed by atoms with Gasteiger partial charge in [0, 0.05) is 11.8 Å². The van der Waals surface area contributed by atoms with E-state index < -0.39 is 12.1 Å². The number of esters is 1. The second-order valence-electron chi connectivity index (χ2n) is 6.40. The van der Waals surface area contributed by atoms with Crippen molar-refractivity contribution in [2.45, 2.75) is 20.0 Å². The van der Waals surface area contributed by atoms with Gasteiger partial charge in [-0.3, -0.25) is 4.79 Å². The van der Waals surface area contributed by atoms with E-state index in [2.05, 4.69) is 5.10 Å². The SMILES string of the molecule is COc1ccc(-c2cn(-c3ccccc3)nc2C(=O)OC(C)C(C)=O)cc1OC. The summed E-state index contributed by atoms with van der Waals surface area (Å²) in [5, 5.41) is 4.43. The van der Waals surface area contributed by atoms with Gasteiger partial charge in [-0.25, -0.2) is 9.48 Å². The number of nitrogens with zero attached hydrogens (tertiary/aromatic N) is 2. The number of hydrogen-bond donors (Lipinski definition) is 0. The van der Waals surface area contributed by atoms with Crippen molar-refractivity contribution in [1.29, 1.82) is 0 Å². The van der Waals surface area contributed by atoms with Gasteiger partial charge in [0.25, 0.3) is 0 Å². The van der Waals surface area contributed by atoms with E-state index in [0.717, 1.165) is 5.69 Å². The van der Waals surface area contributed by atoms with Crippen LogP contribution in [0.3, 0.4) is 0 Å². The zero-order valence-electron chi connectivity index (χ0n) is 16.7. The molecule has 0 amide bonds. The van der Waals surface area contributed by atoms with E-state index in [1.165, 1.54) is 13.8 Å². The summed E-state index contributed by atoms with van der Waals surface area (Å²) in [6, 6.07) is 14.7. The fourth-order valence-corrected chi connectivity index (χ4v) is 2.75. The molecule has 29 heavy (non-hydrogen) atoms. The molecule has 3 aromatic rings. The van der Waals surface area contributed by atoms with Crippen LogP contribution in [0, 0.1) is 0 Å². The lowest BCUT2D eigenvalue weighted by atomic mass is 10.1. The van der Waals surface area contributed by atoms with E-state index in [4.69, 9.17) is 14.2 Å². The number of para-hydroxylation sites is 1. The first-order valence-electron chi connectivity index (χ1n) is 9.03. The van der Waals surface area contributed by atoms with E-state index in [0.29, 0.717) is 22.6 Å². The smallest absolute Gasteiger partial charge is 0.360 e. The Kier molecular flexibility index (Phi) is 5.97. The highest BCUT2D eigenvalue weighted by Crippen LogP contribution is 2.34. The molecular formula is C22H22N2O5. The summed E-state index contributed by atoms with van der Waals surface area (Å²) in [5.41, 5.74) is 2.14. The Balaban J connectivity index is 2.10. The fourth-order valence-electron chi connectivity index (χ4n) is 2.75. The van der Waals surface area contributed by atoms with E-state index in [1.54, 1.807) is 43.3 Å². The van der Waals surface area contributed by atoms with Crippen LogP contribution in [-0.4, -0.2) is 41.9 Å². The third-order valence-corrected chi connectivity index (χ3v) is 4.48. The van der Waals surface area contributed by atoms with Crippen LogP contribution in [0.1, 0.15) is 24.3 Å². The molecule has 0 radical (unpaired) electrons. The molecule has 0 N–H and O–H groups in total. The lowest BCUT2D eigenvalue weighted by Crippen LogP contribution is -2.22. The van der Waals surface area contributed by atoms with Crippen molar-refractivity contribution in [1.82, 2.24) is 9.78 Å². The third kappa shape index (κ3) is 4.29. The van der Waals surface area contributed by atoms with Crippen molar-refractivity contribution in [2.75, 3.05) is 14.2 Å². The van der Waals surface area contributed by atoms with Gasteiger partial charge in [-0.2, -0.15) is 5.10 Å². The summed E-state index contributed by atoms with van der Waals surface area (Å²) >= 11 is 0. The molecule has 0 aliphatic heterocycles. The van der Waals surface area contributed by atoms with Crippen LogP contribution in [0.2, 0.25) is 0 Å². The molecular weight excluding hydrogens is 372 g/mol. The Morgan fingerprint density at radius 2 is 1.69 bits per heavy atom. The van der Waals surface area contributed by atoms with Gasteiger partial charge in [0.05, 0.1) is 19.9 Å². The minimum atomic E-state index is -0.859. The van der Waals surface area contributed by atoms with Gasteiger partial charge in [0.1, 0.15) is 0 Å². The quantitative estimate of drug-likeness (QED) is 0.569. The summed E-state index contributed by atoms with van der Waals surface area (Å²) in [7, 11) is 3.09. The van der Waals surface area contributed by atoms with Gasteiger partial charge in [0.2, 0.25) is 0 Å². The molecule has 1 aromatic heterocycles. The average Bonchev–Trinajstić information content (AvgIpc) is 3.19. The Morgan fingerprint density at radius 3 is 2.31 bits per heavy atom. The number of ketones is 1. The largest absolute Gasteiger partial charge is 0.493 e. The second-order valence-corrected chi connectivity index (χ2v) is 6.40. The first-order valence-corrected chi connectivity index (χ1v) is 9.03. The maximum absolute atomic E-state index is 12.8. The minimum Gasteiger partial charge on any atom is -0.493 e. The Morgan fingerprint density at radius 1 is 1.00 bits per heavy atom. The van der Waals surface area contributed by atoms with Crippen molar-refractivity contribution in [3.63, 3.8) is 0 Å². The molecule has 0 aliphatic rings. The van der Waals surface area contributed by atoms with Crippen LogP contribution in [-0.2, 0) is 9.53 Å². The van der Waals surface area contributed by atoms with Crippen LogP contribution in [0.25, 0.3) is 16.8 Å². The van der Waals surface area contributed by atoms with Gasteiger partial charge < -0.3 is 14.2 Å². The van der Waals surface area contributed by atoms with Crippen molar-refractivity contribution in [3.05, 3.63) is 60.4 Å². The van der Waals surface area contributed by atoms with E-state index in [1.807, 2.05) is 30.3 Å². The zero-order valence-corrected chi connectivity index (χ0v) is 16.7. The molecule has 150 valence electrons. The molecule has 1 unspecified atom stereocenters. The maximum atomic E-state index is 12.8. The summed E-state index contributed by atoms with van der Waals surface area (Å²) in [6.07, 6.45) is 0.883. The lowest BCUT2D eigenvalue weighted by molar-refractivity contribution is -0.124. The molecule has 0 fully saturated rings. The molecule has 1 atom stereocenters. The van der Waals surface area contributed by atoms with Crippen LogP contribution in [0.15, 0.2) is 54.7 Å².